The lowest BCUT2D eigenvalue weighted by molar-refractivity contribution is -0.134. The number of hydrazine groups is 1. The second-order valence-corrected chi connectivity index (χ2v) is 9.75. The lowest BCUT2D eigenvalue weighted by atomic mass is 9.91. The molecule has 3 N–H and O–H groups in total. The lowest BCUT2D eigenvalue weighted by Crippen LogP contribution is -2.44. The second-order valence-electron chi connectivity index (χ2n) is 9.75. The fourth-order valence-corrected chi connectivity index (χ4v) is 4.73. The van der Waals surface area contributed by atoms with Gasteiger partial charge < -0.3 is 30.2 Å². The van der Waals surface area contributed by atoms with Gasteiger partial charge in [0.25, 0.3) is 0 Å². The smallest absolute Gasteiger partial charge is 0.328 e. The van der Waals surface area contributed by atoms with E-state index in [1.54, 1.807) is 7.11 Å². The van der Waals surface area contributed by atoms with Gasteiger partial charge in [0.15, 0.2) is 0 Å². The number of carboxylic acids is 2. The van der Waals surface area contributed by atoms with Crippen molar-refractivity contribution >= 4 is 23.3 Å². The van der Waals surface area contributed by atoms with Crippen LogP contribution in [-0.4, -0.2) is 85.5 Å². The van der Waals surface area contributed by atoms with Crippen molar-refractivity contribution in [3.63, 3.8) is 0 Å². The first-order valence-electron chi connectivity index (χ1n) is 13.1. The van der Waals surface area contributed by atoms with Gasteiger partial charge in [-0.1, -0.05) is 30.3 Å². The molecule has 2 aromatic rings. The highest BCUT2D eigenvalue weighted by molar-refractivity contribution is 5.89. The molecule has 0 atom stereocenters. The van der Waals surface area contributed by atoms with Crippen LogP contribution in [0.3, 0.4) is 0 Å². The number of carboxylic acid groups (broad SMARTS) is 2. The van der Waals surface area contributed by atoms with Crippen LogP contribution in [0.1, 0.15) is 24.8 Å². The predicted molar refractivity (Wildman–Crippen MR) is 150 cm³/mol. The van der Waals surface area contributed by atoms with Gasteiger partial charge in [-0.25, -0.2) is 14.6 Å². The normalized spacial score (nSPS) is 17.1. The largest absolute Gasteiger partial charge is 0.495 e. The van der Waals surface area contributed by atoms with Crippen molar-refractivity contribution in [1.29, 1.82) is 0 Å². The Kier molecular flexibility index (Phi) is 11.4. The van der Waals surface area contributed by atoms with E-state index in [1.165, 1.54) is 36.9 Å². The summed E-state index contributed by atoms with van der Waals surface area (Å²) in [5.41, 5.74) is 7.48. The molecular formula is C29H40N4O5. The van der Waals surface area contributed by atoms with Gasteiger partial charge in [0.2, 0.25) is 0 Å². The Balaban J connectivity index is 0.000000436. The highest BCUT2D eigenvalue weighted by Gasteiger charge is 2.21. The molecule has 9 heteroatoms. The third-order valence-corrected chi connectivity index (χ3v) is 6.98. The summed E-state index contributed by atoms with van der Waals surface area (Å²) in [7, 11) is 3.96. The van der Waals surface area contributed by atoms with E-state index in [1.807, 2.05) is 0 Å². The molecule has 38 heavy (non-hydrogen) atoms. The van der Waals surface area contributed by atoms with Crippen molar-refractivity contribution in [3.8, 4) is 5.75 Å². The number of nitrogens with zero attached hydrogens (tertiary/aromatic N) is 3. The average molecular weight is 525 g/mol. The molecule has 2 aliphatic rings. The van der Waals surface area contributed by atoms with E-state index in [0.29, 0.717) is 12.2 Å². The van der Waals surface area contributed by atoms with Gasteiger partial charge in [0.1, 0.15) is 5.75 Å². The molecule has 2 saturated heterocycles. The molecule has 2 heterocycles. The quantitative estimate of drug-likeness (QED) is 0.422. The number of benzene rings is 2. The number of nitrogens with one attached hydrogen (secondary N) is 1. The zero-order valence-electron chi connectivity index (χ0n) is 22.4. The fourth-order valence-electron chi connectivity index (χ4n) is 4.73. The van der Waals surface area contributed by atoms with E-state index in [9.17, 15) is 9.59 Å². The molecule has 2 aliphatic heterocycles. The average Bonchev–Trinajstić information content (AvgIpc) is 2.93. The zero-order valence-corrected chi connectivity index (χ0v) is 22.4. The molecule has 0 aromatic heterocycles. The molecule has 2 aromatic carbocycles. The lowest BCUT2D eigenvalue weighted by Gasteiger charge is -2.36. The van der Waals surface area contributed by atoms with E-state index in [2.05, 4.69) is 75.8 Å². The Labute approximate surface area is 225 Å². The van der Waals surface area contributed by atoms with Gasteiger partial charge in [0, 0.05) is 51.4 Å². The first-order valence-corrected chi connectivity index (χ1v) is 13.1. The highest BCUT2D eigenvalue weighted by Crippen LogP contribution is 2.32. The summed E-state index contributed by atoms with van der Waals surface area (Å²) in [6.45, 7) is 6.49. The van der Waals surface area contributed by atoms with Crippen LogP contribution < -0.4 is 15.1 Å². The number of aliphatic carboxylic acids is 2. The topological polar surface area (TPSA) is 106 Å². The van der Waals surface area contributed by atoms with Crippen LogP contribution in [-0.2, 0) is 16.0 Å². The summed E-state index contributed by atoms with van der Waals surface area (Å²) in [5.74, 6) is -0.718. The van der Waals surface area contributed by atoms with Gasteiger partial charge >= 0.3 is 11.9 Å². The maximum Gasteiger partial charge on any atom is 0.328 e. The summed E-state index contributed by atoms with van der Waals surface area (Å²) in [5, 5.41) is 18.0. The minimum Gasteiger partial charge on any atom is -0.495 e. The third-order valence-electron chi connectivity index (χ3n) is 6.98. The van der Waals surface area contributed by atoms with Crippen LogP contribution in [0.4, 0.5) is 11.4 Å². The maximum absolute atomic E-state index is 9.55. The Hall–Kier alpha value is -3.56. The molecule has 0 bridgehead atoms. The molecule has 9 nitrogen and oxygen atoms in total. The standard InChI is InChI=1S/C25H36N4O.C4H4O4/c1-27-16-18-28(19-17-27)24-20-23(10-11-25(24)30-2)26-29-14-12-22(13-15-29)9-8-21-6-4-3-5-7-21;5-3(6)1-2-4(7)8/h3-7,10-11,20,22,26H,8-9,12-19H2,1-2H3;1-2H,(H,5,6)(H,7,8)/b;2-1+. The Morgan fingerprint density at radius 2 is 1.58 bits per heavy atom. The summed E-state index contributed by atoms with van der Waals surface area (Å²) < 4.78 is 5.65. The number of hydrogen-bond acceptors (Lipinski definition) is 7. The van der Waals surface area contributed by atoms with Crippen molar-refractivity contribution < 1.29 is 24.5 Å². The minimum atomic E-state index is -1.26. The molecule has 206 valence electrons. The molecule has 0 aliphatic carbocycles. The number of piperidine rings is 1. The Bertz CT molecular complexity index is 1030. The maximum atomic E-state index is 9.55. The van der Waals surface area contributed by atoms with Crippen molar-refractivity contribution in [1.82, 2.24) is 9.91 Å². The second kappa shape index (κ2) is 15.0. The molecule has 0 radical (unpaired) electrons. The molecule has 0 saturated carbocycles. The number of aryl methyl sites for hydroxylation is 1. The monoisotopic (exact) mass is 524 g/mol. The van der Waals surface area contributed by atoms with E-state index in [-0.39, 0.29) is 0 Å². The molecule has 0 unspecified atom stereocenters. The molecular weight excluding hydrogens is 484 g/mol. The van der Waals surface area contributed by atoms with Crippen molar-refractivity contribution in [2.75, 3.05) is 63.8 Å². The highest BCUT2D eigenvalue weighted by atomic mass is 16.5. The molecule has 2 fully saturated rings. The number of rotatable bonds is 9. The van der Waals surface area contributed by atoms with Crippen LogP contribution >= 0.6 is 0 Å². The Morgan fingerprint density at radius 1 is 0.947 bits per heavy atom. The van der Waals surface area contributed by atoms with Crippen LogP contribution in [0.5, 0.6) is 5.75 Å². The van der Waals surface area contributed by atoms with E-state index >= 15 is 0 Å². The van der Waals surface area contributed by atoms with Crippen LogP contribution in [0.25, 0.3) is 0 Å². The number of methoxy groups -OCH3 is 1. The summed E-state index contributed by atoms with van der Waals surface area (Å²) >= 11 is 0. The number of ether oxygens (including phenoxy) is 1. The predicted octanol–water partition coefficient (Wildman–Crippen LogP) is 3.83. The van der Waals surface area contributed by atoms with Crippen molar-refractivity contribution in [2.45, 2.75) is 25.7 Å². The van der Waals surface area contributed by atoms with Crippen molar-refractivity contribution in [3.05, 3.63) is 66.2 Å². The first kappa shape index (κ1) is 29.0. The minimum absolute atomic E-state index is 0.558. The summed E-state index contributed by atoms with van der Waals surface area (Å²) in [6, 6.07) is 17.4. The van der Waals surface area contributed by atoms with Crippen LogP contribution in [0.2, 0.25) is 0 Å². The van der Waals surface area contributed by atoms with Gasteiger partial charge in [-0.05, 0) is 62.4 Å². The summed E-state index contributed by atoms with van der Waals surface area (Å²) in [6.07, 6.45) is 6.15. The number of carbonyl (C=O) groups is 2. The summed E-state index contributed by atoms with van der Waals surface area (Å²) in [4.78, 5) is 23.9. The first-order chi connectivity index (χ1) is 18.3. The van der Waals surface area contributed by atoms with E-state index < -0.39 is 11.9 Å². The molecule has 0 amide bonds. The van der Waals surface area contributed by atoms with E-state index in [4.69, 9.17) is 14.9 Å². The number of anilines is 2. The SMILES string of the molecule is COc1ccc(NN2CCC(CCc3ccccc3)CC2)cc1N1CCN(C)CC1.O=C(O)/C=C/C(=O)O. The van der Waals surface area contributed by atoms with Gasteiger partial charge in [0.05, 0.1) is 18.5 Å². The number of likely N-dealkylation sites (N-methyl/N-ethyl adjacent to an activating group) is 1. The fraction of sp³-hybridized carbons (Fsp3) is 0.448. The zero-order chi connectivity index (χ0) is 27.3. The van der Waals surface area contributed by atoms with Gasteiger partial charge in [-0.15, -0.1) is 0 Å². The van der Waals surface area contributed by atoms with Gasteiger partial charge in [-0.2, -0.15) is 0 Å². The van der Waals surface area contributed by atoms with Gasteiger partial charge in [-0.3, -0.25) is 0 Å². The third kappa shape index (κ3) is 9.72. The van der Waals surface area contributed by atoms with Crippen LogP contribution in [0.15, 0.2) is 60.7 Å². The van der Waals surface area contributed by atoms with Crippen LogP contribution in [0, 0.1) is 5.92 Å². The Morgan fingerprint density at radius 3 is 2.16 bits per heavy atom. The van der Waals surface area contributed by atoms with Crippen molar-refractivity contribution in [2.24, 2.45) is 5.92 Å². The molecule has 0 spiro atoms. The number of piperazine rings is 1. The number of hydrogen-bond donors (Lipinski definition) is 3. The van der Waals surface area contributed by atoms with E-state index in [0.717, 1.165) is 56.6 Å². The molecule has 4 rings (SSSR count).